The second-order valence-corrected chi connectivity index (χ2v) is 8.20. The molecule has 2 N–H and O–H groups in total. The molecule has 1 aliphatic carbocycles. The van der Waals surface area contributed by atoms with Gasteiger partial charge in [0.15, 0.2) is 6.61 Å². The summed E-state index contributed by atoms with van der Waals surface area (Å²) < 4.78 is 5.43. The van der Waals surface area contributed by atoms with E-state index in [4.69, 9.17) is 9.72 Å². The maximum absolute atomic E-state index is 13.1. The zero-order chi connectivity index (χ0) is 23.4. The van der Waals surface area contributed by atoms with E-state index in [-0.39, 0.29) is 5.91 Å². The largest absolute Gasteiger partial charge is 0.452 e. The van der Waals surface area contributed by atoms with E-state index in [0.717, 1.165) is 53.4 Å². The number of benzene rings is 2. The fourth-order valence-corrected chi connectivity index (χ4v) is 4.17. The first-order valence-corrected chi connectivity index (χ1v) is 11.2. The Labute approximate surface area is 192 Å². The van der Waals surface area contributed by atoms with Crippen molar-refractivity contribution in [2.75, 3.05) is 18.5 Å². The molecule has 3 aromatic rings. The van der Waals surface area contributed by atoms with E-state index in [2.05, 4.69) is 10.6 Å². The van der Waals surface area contributed by atoms with Gasteiger partial charge in [-0.15, -0.1) is 0 Å². The number of ether oxygens (including phenoxy) is 1. The quantitative estimate of drug-likeness (QED) is 0.560. The van der Waals surface area contributed by atoms with Gasteiger partial charge in [0.1, 0.15) is 0 Å². The highest BCUT2D eigenvalue weighted by atomic mass is 16.5. The minimum atomic E-state index is -0.516. The highest BCUT2D eigenvalue weighted by Crippen LogP contribution is 2.30. The molecule has 0 radical (unpaired) electrons. The van der Waals surface area contributed by atoms with Crippen LogP contribution in [0, 0.1) is 6.92 Å². The van der Waals surface area contributed by atoms with Crippen molar-refractivity contribution in [3.8, 4) is 0 Å². The fraction of sp³-hybridized carbons (Fsp3) is 0.308. The average molecular weight is 446 g/mol. The molecule has 0 spiro atoms. The molecule has 0 aliphatic heterocycles. The molecule has 33 heavy (non-hydrogen) atoms. The molecule has 0 unspecified atom stereocenters. The third kappa shape index (κ3) is 5.03. The van der Waals surface area contributed by atoms with Gasteiger partial charge >= 0.3 is 5.97 Å². The summed E-state index contributed by atoms with van der Waals surface area (Å²) in [4.78, 5) is 42.4. The van der Waals surface area contributed by atoms with Gasteiger partial charge in [-0.1, -0.05) is 17.7 Å². The summed E-state index contributed by atoms with van der Waals surface area (Å²) in [5.74, 6) is -1.21. The Bertz CT molecular complexity index is 1240. The molecule has 0 saturated heterocycles. The standard InChI is InChI=1S/C26H27N3O4/c1-3-27-25(31)17-7-6-8-18(14-17)28-23(30)15-33-26(32)24-19-9-4-5-10-21(19)29-22-12-11-16(2)13-20(22)24/h6-8,11-14H,3-5,9-10,15H2,1-2H3,(H,27,31)(H,28,30). The molecule has 0 saturated carbocycles. The lowest BCUT2D eigenvalue weighted by molar-refractivity contribution is -0.119. The van der Waals surface area contributed by atoms with Crippen LogP contribution in [0.1, 0.15) is 57.3 Å². The Morgan fingerprint density at radius 1 is 1.06 bits per heavy atom. The van der Waals surface area contributed by atoms with Gasteiger partial charge in [-0.2, -0.15) is 0 Å². The lowest BCUT2D eigenvalue weighted by Gasteiger charge is -2.20. The molecular formula is C26H27N3O4. The molecule has 7 heteroatoms. The van der Waals surface area contributed by atoms with Crippen molar-refractivity contribution >= 4 is 34.4 Å². The van der Waals surface area contributed by atoms with Crippen LogP contribution in [0.4, 0.5) is 5.69 Å². The molecule has 1 heterocycles. The number of aryl methyl sites for hydroxylation is 2. The van der Waals surface area contributed by atoms with Crippen LogP contribution < -0.4 is 10.6 Å². The number of carbonyl (C=O) groups is 3. The lowest BCUT2D eigenvalue weighted by Crippen LogP contribution is -2.24. The van der Waals surface area contributed by atoms with Crippen molar-refractivity contribution in [2.45, 2.75) is 39.5 Å². The number of fused-ring (bicyclic) bond motifs is 2. The maximum atomic E-state index is 13.1. The summed E-state index contributed by atoms with van der Waals surface area (Å²) in [6.45, 7) is 3.89. The van der Waals surface area contributed by atoms with Crippen LogP contribution in [0.15, 0.2) is 42.5 Å². The van der Waals surface area contributed by atoms with Crippen LogP contribution in [0.25, 0.3) is 10.9 Å². The van der Waals surface area contributed by atoms with E-state index < -0.39 is 18.5 Å². The van der Waals surface area contributed by atoms with Crippen LogP contribution in [0.2, 0.25) is 0 Å². The Morgan fingerprint density at radius 3 is 2.70 bits per heavy atom. The third-order valence-electron chi connectivity index (χ3n) is 5.70. The molecule has 1 aliphatic rings. The number of hydrogen-bond donors (Lipinski definition) is 2. The van der Waals surface area contributed by atoms with Crippen molar-refractivity contribution in [3.05, 3.63) is 70.4 Å². The van der Waals surface area contributed by atoms with Crippen LogP contribution in [-0.2, 0) is 22.4 Å². The first-order chi connectivity index (χ1) is 16.0. The summed E-state index contributed by atoms with van der Waals surface area (Å²) >= 11 is 0. The number of aromatic nitrogens is 1. The minimum absolute atomic E-state index is 0.218. The SMILES string of the molecule is CCNC(=O)c1cccc(NC(=O)COC(=O)c2c3c(nc4ccc(C)cc24)CCCC3)c1. The van der Waals surface area contributed by atoms with Crippen LogP contribution >= 0.6 is 0 Å². The van der Waals surface area contributed by atoms with Crippen LogP contribution in [0.3, 0.4) is 0 Å². The van der Waals surface area contributed by atoms with Crippen molar-refractivity contribution in [1.82, 2.24) is 10.3 Å². The van der Waals surface area contributed by atoms with E-state index in [9.17, 15) is 14.4 Å². The van der Waals surface area contributed by atoms with Gasteiger partial charge in [-0.25, -0.2) is 4.79 Å². The molecule has 7 nitrogen and oxygen atoms in total. The first-order valence-electron chi connectivity index (χ1n) is 11.2. The lowest BCUT2D eigenvalue weighted by atomic mass is 9.89. The zero-order valence-electron chi connectivity index (χ0n) is 18.9. The molecule has 0 bridgehead atoms. The number of nitrogens with one attached hydrogen (secondary N) is 2. The third-order valence-corrected chi connectivity index (χ3v) is 5.70. The summed E-state index contributed by atoms with van der Waals surface area (Å²) in [6, 6.07) is 12.5. The number of esters is 1. The van der Waals surface area contributed by atoms with Gasteiger partial charge < -0.3 is 15.4 Å². The number of carbonyl (C=O) groups excluding carboxylic acids is 3. The van der Waals surface area contributed by atoms with E-state index in [1.165, 1.54) is 0 Å². The molecule has 2 amide bonds. The van der Waals surface area contributed by atoms with Gasteiger partial charge in [0, 0.05) is 28.9 Å². The number of nitrogens with zero attached hydrogens (tertiary/aromatic N) is 1. The molecule has 4 rings (SSSR count). The van der Waals surface area contributed by atoms with Crippen molar-refractivity contribution in [3.63, 3.8) is 0 Å². The molecular weight excluding hydrogens is 418 g/mol. The van der Waals surface area contributed by atoms with Crippen LogP contribution in [0.5, 0.6) is 0 Å². The van der Waals surface area contributed by atoms with E-state index >= 15 is 0 Å². The second kappa shape index (κ2) is 9.81. The normalized spacial score (nSPS) is 12.7. The topological polar surface area (TPSA) is 97.4 Å². The van der Waals surface area contributed by atoms with E-state index in [1.807, 2.05) is 32.0 Å². The smallest absolute Gasteiger partial charge is 0.339 e. The number of hydrogen-bond acceptors (Lipinski definition) is 5. The fourth-order valence-electron chi connectivity index (χ4n) is 4.17. The summed E-state index contributed by atoms with van der Waals surface area (Å²) in [7, 11) is 0. The van der Waals surface area contributed by atoms with Crippen LogP contribution in [-0.4, -0.2) is 35.9 Å². The van der Waals surface area contributed by atoms with E-state index in [0.29, 0.717) is 23.4 Å². The number of rotatable bonds is 6. The Hall–Kier alpha value is -3.74. The Morgan fingerprint density at radius 2 is 1.88 bits per heavy atom. The first kappa shape index (κ1) is 22.5. The van der Waals surface area contributed by atoms with Gasteiger partial charge in [-0.3, -0.25) is 14.6 Å². The number of pyridine rings is 1. The second-order valence-electron chi connectivity index (χ2n) is 8.20. The molecule has 1 aromatic heterocycles. The summed E-state index contributed by atoms with van der Waals surface area (Å²) in [6.07, 6.45) is 3.65. The van der Waals surface area contributed by atoms with Crippen molar-refractivity contribution in [2.24, 2.45) is 0 Å². The zero-order valence-corrected chi connectivity index (χ0v) is 18.9. The summed E-state index contributed by atoms with van der Waals surface area (Å²) in [5, 5.41) is 6.16. The molecule has 170 valence electrons. The van der Waals surface area contributed by atoms with Crippen molar-refractivity contribution in [1.29, 1.82) is 0 Å². The molecule has 0 atom stereocenters. The van der Waals surface area contributed by atoms with Gasteiger partial charge in [0.25, 0.3) is 11.8 Å². The Kier molecular flexibility index (Phi) is 6.68. The van der Waals surface area contributed by atoms with Gasteiger partial charge in [0.2, 0.25) is 0 Å². The Balaban J connectivity index is 1.50. The predicted molar refractivity (Wildman–Crippen MR) is 126 cm³/mol. The highest BCUT2D eigenvalue weighted by Gasteiger charge is 2.24. The minimum Gasteiger partial charge on any atom is -0.452 e. The van der Waals surface area contributed by atoms with Crippen molar-refractivity contribution < 1.29 is 19.1 Å². The number of anilines is 1. The van der Waals surface area contributed by atoms with E-state index in [1.54, 1.807) is 24.3 Å². The number of amides is 2. The predicted octanol–water partition coefficient (Wildman–Crippen LogP) is 3.97. The molecule has 2 aromatic carbocycles. The maximum Gasteiger partial charge on any atom is 0.339 e. The average Bonchev–Trinajstić information content (AvgIpc) is 2.81. The monoisotopic (exact) mass is 445 g/mol. The molecule has 0 fully saturated rings. The summed E-state index contributed by atoms with van der Waals surface area (Å²) in [5.41, 5.74) is 5.08. The van der Waals surface area contributed by atoms with Gasteiger partial charge in [-0.05, 0) is 75.4 Å². The highest BCUT2D eigenvalue weighted by molar-refractivity contribution is 6.06. The van der Waals surface area contributed by atoms with Gasteiger partial charge in [0.05, 0.1) is 11.1 Å².